The fourth-order valence-corrected chi connectivity index (χ4v) is 2.46. The van der Waals surface area contributed by atoms with Crippen LogP contribution in [0.25, 0.3) is 0 Å². The molecular weight excluding hydrogens is 272 g/mol. The summed E-state index contributed by atoms with van der Waals surface area (Å²) in [7, 11) is 0. The molecule has 2 N–H and O–H groups in total. The summed E-state index contributed by atoms with van der Waals surface area (Å²) in [4.78, 5) is 23.5. The molecule has 7 nitrogen and oxygen atoms in total. The van der Waals surface area contributed by atoms with Gasteiger partial charge in [0.15, 0.2) is 5.69 Å². The number of carboxylic acid groups (broad SMARTS) is 1. The normalized spacial score (nSPS) is 17.3. The minimum atomic E-state index is -1.09. The quantitative estimate of drug-likeness (QED) is 0.798. The zero-order chi connectivity index (χ0) is 15.6. The van der Waals surface area contributed by atoms with Crippen LogP contribution < -0.4 is 5.32 Å². The molecule has 2 atom stereocenters. The number of nitrogens with zero attached hydrogens (tertiary/aromatic N) is 3. The van der Waals surface area contributed by atoms with Crippen molar-refractivity contribution >= 4 is 11.9 Å². The molecule has 1 aliphatic rings. The van der Waals surface area contributed by atoms with Crippen molar-refractivity contribution in [3.05, 3.63) is 11.4 Å². The zero-order valence-electron chi connectivity index (χ0n) is 12.7. The molecular formula is C14H22N4O3. The lowest BCUT2D eigenvalue weighted by molar-refractivity contribution is -0.124. The molecule has 1 amide bonds. The largest absolute Gasteiger partial charge is 0.476 e. The Balaban J connectivity index is 2.17. The van der Waals surface area contributed by atoms with Gasteiger partial charge in [-0.3, -0.25) is 4.79 Å². The average Bonchev–Trinajstić information content (AvgIpc) is 3.16. The monoisotopic (exact) mass is 294 g/mol. The first-order chi connectivity index (χ1) is 9.95. The first-order valence-electron chi connectivity index (χ1n) is 7.44. The van der Waals surface area contributed by atoms with E-state index in [4.69, 9.17) is 0 Å². The molecule has 1 saturated carbocycles. The van der Waals surface area contributed by atoms with Crippen LogP contribution in [0.3, 0.4) is 0 Å². The topological polar surface area (TPSA) is 97.1 Å². The molecule has 1 aromatic rings. The smallest absolute Gasteiger partial charge is 0.358 e. The SMILES string of the molecule is CCCC(C)NC(=O)C(C)n1nnc(C(=O)O)c1C1CC1. The highest BCUT2D eigenvalue weighted by atomic mass is 16.4. The lowest BCUT2D eigenvalue weighted by Gasteiger charge is -2.18. The first-order valence-corrected chi connectivity index (χ1v) is 7.44. The van der Waals surface area contributed by atoms with E-state index in [1.54, 1.807) is 6.92 Å². The van der Waals surface area contributed by atoms with Gasteiger partial charge < -0.3 is 10.4 Å². The van der Waals surface area contributed by atoms with E-state index >= 15 is 0 Å². The number of carbonyl (C=O) groups is 2. The fraction of sp³-hybridized carbons (Fsp3) is 0.714. The Labute approximate surface area is 123 Å². The second-order valence-electron chi connectivity index (χ2n) is 5.72. The third-order valence-electron chi connectivity index (χ3n) is 3.75. The summed E-state index contributed by atoms with van der Waals surface area (Å²) in [6, 6.07) is -0.461. The summed E-state index contributed by atoms with van der Waals surface area (Å²) in [5.41, 5.74) is 0.548. The molecule has 0 spiro atoms. The number of carboxylic acids is 1. The maximum absolute atomic E-state index is 12.3. The molecule has 21 heavy (non-hydrogen) atoms. The van der Waals surface area contributed by atoms with Gasteiger partial charge in [0, 0.05) is 12.0 Å². The van der Waals surface area contributed by atoms with Gasteiger partial charge in [-0.05, 0) is 33.1 Å². The predicted octanol–water partition coefficient (Wildman–Crippen LogP) is 1.72. The van der Waals surface area contributed by atoms with Crippen LogP contribution in [0.1, 0.15) is 74.6 Å². The Morgan fingerprint density at radius 3 is 2.62 bits per heavy atom. The van der Waals surface area contributed by atoms with Gasteiger partial charge in [-0.1, -0.05) is 18.6 Å². The Kier molecular flexibility index (Phi) is 4.59. The van der Waals surface area contributed by atoms with Crippen LogP contribution in [0.2, 0.25) is 0 Å². The van der Waals surface area contributed by atoms with Gasteiger partial charge in [0.05, 0.1) is 5.69 Å². The third-order valence-corrected chi connectivity index (χ3v) is 3.75. The molecule has 1 aromatic heterocycles. The van der Waals surface area contributed by atoms with Gasteiger partial charge in [0.1, 0.15) is 6.04 Å². The summed E-state index contributed by atoms with van der Waals surface area (Å²) in [5, 5.41) is 19.7. The van der Waals surface area contributed by atoms with Crippen LogP contribution in [0, 0.1) is 0 Å². The molecule has 2 rings (SSSR count). The Morgan fingerprint density at radius 2 is 2.10 bits per heavy atom. The summed E-state index contributed by atoms with van der Waals surface area (Å²) in [6.07, 6.45) is 3.75. The number of aromatic nitrogens is 3. The molecule has 0 bridgehead atoms. The predicted molar refractivity (Wildman–Crippen MR) is 76.2 cm³/mol. The molecule has 0 radical (unpaired) electrons. The Hall–Kier alpha value is -1.92. The number of hydrogen-bond donors (Lipinski definition) is 2. The van der Waals surface area contributed by atoms with Crippen molar-refractivity contribution in [2.24, 2.45) is 0 Å². The second-order valence-corrected chi connectivity index (χ2v) is 5.72. The second kappa shape index (κ2) is 6.24. The summed E-state index contributed by atoms with van der Waals surface area (Å²) < 4.78 is 1.47. The van der Waals surface area contributed by atoms with Gasteiger partial charge in [0.2, 0.25) is 5.91 Å². The molecule has 1 aliphatic carbocycles. The number of nitrogens with one attached hydrogen (secondary N) is 1. The van der Waals surface area contributed by atoms with Crippen molar-refractivity contribution in [3.8, 4) is 0 Å². The van der Waals surface area contributed by atoms with E-state index in [0.717, 1.165) is 25.7 Å². The molecule has 0 aliphatic heterocycles. The zero-order valence-corrected chi connectivity index (χ0v) is 12.7. The lowest BCUT2D eigenvalue weighted by Crippen LogP contribution is -2.38. The molecule has 7 heteroatoms. The van der Waals surface area contributed by atoms with E-state index in [-0.39, 0.29) is 23.6 Å². The van der Waals surface area contributed by atoms with E-state index in [1.807, 2.05) is 6.92 Å². The van der Waals surface area contributed by atoms with Crippen molar-refractivity contribution in [1.29, 1.82) is 0 Å². The van der Waals surface area contributed by atoms with Gasteiger partial charge in [0.25, 0.3) is 0 Å². The Morgan fingerprint density at radius 1 is 1.43 bits per heavy atom. The molecule has 1 heterocycles. The van der Waals surface area contributed by atoms with E-state index in [0.29, 0.717) is 5.69 Å². The van der Waals surface area contributed by atoms with E-state index < -0.39 is 12.0 Å². The van der Waals surface area contributed by atoms with Crippen LogP contribution >= 0.6 is 0 Å². The van der Waals surface area contributed by atoms with Crippen molar-refractivity contribution in [2.45, 2.75) is 64.5 Å². The lowest BCUT2D eigenvalue weighted by atomic mass is 10.1. The number of aromatic carboxylic acids is 1. The number of hydrogen-bond acceptors (Lipinski definition) is 4. The van der Waals surface area contributed by atoms with Crippen LogP contribution in [-0.2, 0) is 4.79 Å². The molecule has 2 unspecified atom stereocenters. The van der Waals surface area contributed by atoms with Crippen molar-refractivity contribution in [2.75, 3.05) is 0 Å². The summed E-state index contributed by atoms with van der Waals surface area (Å²) in [6.45, 7) is 5.74. The third kappa shape index (κ3) is 3.40. The highest BCUT2D eigenvalue weighted by Gasteiger charge is 2.36. The Bertz CT molecular complexity index is 536. The fourth-order valence-electron chi connectivity index (χ4n) is 2.46. The highest BCUT2D eigenvalue weighted by molar-refractivity contribution is 5.87. The van der Waals surface area contributed by atoms with E-state index in [1.165, 1.54) is 4.68 Å². The summed E-state index contributed by atoms with van der Waals surface area (Å²) >= 11 is 0. The van der Waals surface area contributed by atoms with E-state index in [2.05, 4.69) is 22.6 Å². The molecule has 0 aromatic carbocycles. The maximum atomic E-state index is 12.3. The molecule has 0 saturated heterocycles. The standard InChI is InChI=1S/C14H22N4O3/c1-4-5-8(2)15-13(19)9(3)18-12(10-6-7-10)11(14(20)21)16-17-18/h8-10H,4-7H2,1-3H3,(H,15,19)(H,20,21). The minimum Gasteiger partial charge on any atom is -0.476 e. The van der Waals surface area contributed by atoms with Crippen LogP contribution in [-0.4, -0.2) is 38.0 Å². The minimum absolute atomic E-state index is 0.0289. The van der Waals surface area contributed by atoms with Gasteiger partial charge in [-0.25, -0.2) is 9.48 Å². The van der Waals surface area contributed by atoms with Gasteiger partial charge in [-0.2, -0.15) is 0 Å². The number of amides is 1. The number of carbonyl (C=O) groups excluding carboxylic acids is 1. The van der Waals surface area contributed by atoms with Gasteiger partial charge >= 0.3 is 5.97 Å². The van der Waals surface area contributed by atoms with Crippen molar-refractivity contribution in [1.82, 2.24) is 20.3 Å². The van der Waals surface area contributed by atoms with Crippen LogP contribution in [0.4, 0.5) is 0 Å². The first kappa shape index (κ1) is 15.5. The molecule has 1 fully saturated rings. The summed E-state index contributed by atoms with van der Waals surface area (Å²) in [5.74, 6) is -1.08. The van der Waals surface area contributed by atoms with Crippen molar-refractivity contribution in [3.63, 3.8) is 0 Å². The number of rotatable bonds is 7. The average molecular weight is 294 g/mol. The van der Waals surface area contributed by atoms with Crippen LogP contribution in [0.15, 0.2) is 0 Å². The maximum Gasteiger partial charge on any atom is 0.358 e. The highest BCUT2D eigenvalue weighted by Crippen LogP contribution is 2.41. The van der Waals surface area contributed by atoms with Crippen LogP contribution in [0.5, 0.6) is 0 Å². The van der Waals surface area contributed by atoms with Gasteiger partial charge in [-0.15, -0.1) is 5.10 Å². The van der Waals surface area contributed by atoms with Crippen molar-refractivity contribution < 1.29 is 14.7 Å². The molecule has 116 valence electrons. The van der Waals surface area contributed by atoms with E-state index in [9.17, 15) is 14.7 Å².